The van der Waals surface area contributed by atoms with Gasteiger partial charge in [-0.3, -0.25) is 4.79 Å². The summed E-state index contributed by atoms with van der Waals surface area (Å²) < 4.78 is 22.9. The molecule has 0 aliphatic heterocycles. The fraction of sp³-hybridized carbons (Fsp3) is 0.353. The van der Waals surface area contributed by atoms with Gasteiger partial charge in [0.25, 0.3) is 0 Å². The molecule has 2 rings (SSSR count). The number of aryl methyl sites for hydroxylation is 1. The van der Waals surface area contributed by atoms with E-state index in [1.54, 1.807) is 35.6 Å². The Labute approximate surface area is 141 Å². The summed E-state index contributed by atoms with van der Waals surface area (Å²) in [6.07, 6.45) is 3.42. The Bertz CT molecular complexity index is 735. The van der Waals surface area contributed by atoms with E-state index in [1.807, 2.05) is 18.4 Å². The molecule has 1 amide bonds. The van der Waals surface area contributed by atoms with Gasteiger partial charge in [0, 0.05) is 17.6 Å². The summed E-state index contributed by atoms with van der Waals surface area (Å²) in [5.41, 5.74) is 0.893. The number of sulfone groups is 1. The minimum absolute atomic E-state index is 0.0150. The maximum absolute atomic E-state index is 12.0. The Balaban J connectivity index is 1.83. The molecule has 0 saturated heterocycles. The largest absolute Gasteiger partial charge is 0.350 e. The number of benzene rings is 1. The van der Waals surface area contributed by atoms with Gasteiger partial charge in [0.2, 0.25) is 5.91 Å². The number of carbonyl (C=O) groups is 1. The van der Waals surface area contributed by atoms with E-state index >= 15 is 0 Å². The van der Waals surface area contributed by atoms with Crippen molar-refractivity contribution in [3.63, 3.8) is 0 Å². The molecule has 0 bridgehead atoms. The molecule has 0 saturated carbocycles. The highest BCUT2D eigenvalue weighted by atomic mass is 32.2. The van der Waals surface area contributed by atoms with Gasteiger partial charge in [-0.1, -0.05) is 18.2 Å². The van der Waals surface area contributed by atoms with Gasteiger partial charge >= 0.3 is 0 Å². The van der Waals surface area contributed by atoms with Gasteiger partial charge in [-0.25, -0.2) is 8.42 Å². The quantitative estimate of drug-likeness (QED) is 0.832. The SMILES string of the molecule is C[C@@H](NC(=O)CCCc1cccs1)c1ccc(S(C)(=O)=O)cc1. The third-order valence-electron chi connectivity index (χ3n) is 3.59. The van der Waals surface area contributed by atoms with Crippen LogP contribution in [0.5, 0.6) is 0 Å². The van der Waals surface area contributed by atoms with E-state index in [0.29, 0.717) is 6.42 Å². The predicted octanol–water partition coefficient (Wildman–Crippen LogP) is 3.35. The molecular weight excluding hydrogens is 330 g/mol. The number of nitrogens with one attached hydrogen (secondary N) is 1. The van der Waals surface area contributed by atoms with Gasteiger partial charge in [-0.15, -0.1) is 11.3 Å². The average molecular weight is 351 g/mol. The molecule has 124 valence electrons. The van der Waals surface area contributed by atoms with Crippen molar-refractivity contribution in [3.05, 3.63) is 52.2 Å². The van der Waals surface area contributed by atoms with E-state index in [-0.39, 0.29) is 16.8 Å². The van der Waals surface area contributed by atoms with Crippen molar-refractivity contribution in [1.29, 1.82) is 0 Å². The number of hydrogen-bond donors (Lipinski definition) is 1. The van der Waals surface area contributed by atoms with Crippen molar-refractivity contribution in [1.82, 2.24) is 5.32 Å². The summed E-state index contributed by atoms with van der Waals surface area (Å²) in [6, 6.07) is 10.6. The van der Waals surface area contributed by atoms with Gasteiger partial charge in [0.05, 0.1) is 10.9 Å². The van der Waals surface area contributed by atoms with Crippen LogP contribution in [0.4, 0.5) is 0 Å². The first-order chi connectivity index (χ1) is 10.9. The lowest BCUT2D eigenvalue weighted by atomic mass is 10.1. The van der Waals surface area contributed by atoms with Crippen molar-refractivity contribution >= 4 is 27.1 Å². The molecule has 0 fully saturated rings. The fourth-order valence-corrected chi connectivity index (χ4v) is 3.66. The smallest absolute Gasteiger partial charge is 0.220 e. The first-order valence-electron chi connectivity index (χ1n) is 7.48. The second-order valence-corrected chi connectivity index (χ2v) is 8.61. The molecule has 4 nitrogen and oxygen atoms in total. The van der Waals surface area contributed by atoms with Crippen molar-refractivity contribution < 1.29 is 13.2 Å². The molecule has 0 unspecified atom stereocenters. The molecule has 0 spiro atoms. The molecule has 0 radical (unpaired) electrons. The third kappa shape index (κ3) is 5.48. The first-order valence-corrected chi connectivity index (χ1v) is 10.2. The highest BCUT2D eigenvalue weighted by Gasteiger charge is 2.11. The number of carbonyl (C=O) groups excluding carboxylic acids is 1. The molecule has 1 aromatic carbocycles. The van der Waals surface area contributed by atoms with Crippen molar-refractivity contribution in [3.8, 4) is 0 Å². The van der Waals surface area contributed by atoms with Gasteiger partial charge in [-0.2, -0.15) is 0 Å². The number of thiophene rings is 1. The Morgan fingerprint density at radius 3 is 2.48 bits per heavy atom. The second kappa shape index (κ2) is 7.75. The molecule has 1 aromatic heterocycles. The van der Waals surface area contributed by atoms with Crippen molar-refractivity contribution in [2.24, 2.45) is 0 Å². The van der Waals surface area contributed by atoms with Crippen LogP contribution in [-0.4, -0.2) is 20.6 Å². The fourth-order valence-electron chi connectivity index (χ4n) is 2.28. The molecule has 0 aliphatic rings. The molecule has 2 aromatic rings. The molecule has 0 aliphatic carbocycles. The Morgan fingerprint density at radius 2 is 1.91 bits per heavy atom. The van der Waals surface area contributed by atoms with Crippen LogP contribution in [0, 0.1) is 0 Å². The molecular formula is C17H21NO3S2. The lowest BCUT2D eigenvalue weighted by Gasteiger charge is -2.14. The van der Waals surface area contributed by atoms with Crippen LogP contribution in [0.25, 0.3) is 0 Å². The average Bonchev–Trinajstić information content (AvgIpc) is 2.99. The summed E-state index contributed by atoms with van der Waals surface area (Å²) in [7, 11) is -3.19. The first kappa shape index (κ1) is 17.7. The molecule has 6 heteroatoms. The lowest BCUT2D eigenvalue weighted by molar-refractivity contribution is -0.121. The third-order valence-corrected chi connectivity index (χ3v) is 5.66. The maximum atomic E-state index is 12.0. The zero-order valence-electron chi connectivity index (χ0n) is 13.3. The van der Waals surface area contributed by atoms with Gasteiger partial charge in [-0.05, 0) is 48.9 Å². The highest BCUT2D eigenvalue weighted by molar-refractivity contribution is 7.90. The summed E-state index contributed by atoms with van der Waals surface area (Å²) in [5, 5.41) is 4.99. The number of rotatable bonds is 7. The van der Waals surface area contributed by atoms with Crippen LogP contribution < -0.4 is 5.32 Å². The minimum atomic E-state index is -3.19. The lowest BCUT2D eigenvalue weighted by Crippen LogP contribution is -2.26. The Morgan fingerprint density at radius 1 is 1.22 bits per heavy atom. The van der Waals surface area contributed by atoms with Gasteiger partial charge in [0.15, 0.2) is 9.84 Å². The topological polar surface area (TPSA) is 63.2 Å². The summed E-state index contributed by atoms with van der Waals surface area (Å²) in [4.78, 5) is 13.6. The molecule has 1 atom stereocenters. The monoisotopic (exact) mass is 351 g/mol. The van der Waals surface area contributed by atoms with Crippen molar-refractivity contribution in [2.45, 2.75) is 37.1 Å². The van der Waals surface area contributed by atoms with E-state index in [1.165, 1.54) is 11.1 Å². The zero-order valence-corrected chi connectivity index (χ0v) is 14.9. The van der Waals surface area contributed by atoms with E-state index in [9.17, 15) is 13.2 Å². The van der Waals surface area contributed by atoms with Crippen LogP contribution in [0.2, 0.25) is 0 Å². The zero-order chi connectivity index (χ0) is 16.9. The summed E-state index contributed by atoms with van der Waals surface area (Å²) in [6.45, 7) is 1.90. The van der Waals surface area contributed by atoms with Gasteiger partial charge in [0.1, 0.15) is 0 Å². The van der Waals surface area contributed by atoms with E-state index < -0.39 is 9.84 Å². The maximum Gasteiger partial charge on any atom is 0.220 e. The summed E-state index contributed by atoms with van der Waals surface area (Å²) >= 11 is 1.71. The van der Waals surface area contributed by atoms with E-state index in [4.69, 9.17) is 0 Å². The summed E-state index contributed by atoms with van der Waals surface area (Å²) in [5.74, 6) is 0.0150. The Hall–Kier alpha value is -1.66. The van der Waals surface area contributed by atoms with Crippen LogP contribution >= 0.6 is 11.3 Å². The van der Waals surface area contributed by atoms with Gasteiger partial charge < -0.3 is 5.32 Å². The minimum Gasteiger partial charge on any atom is -0.350 e. The van der Waals surface area contributed by atoms with Crippen LogP contribution in [0.1, 0.15) is 36.2 Å². The normalized spacial score (nSPS) is 12.8. The van der Waals surface area contributed by atoms with Crippen molar-refractivity contribution in [2.75, 3.05) is 6.26 Å². The second-order valence-electron chi connectivity index (χ2n) is 5.56. The van der Waals surface area contributed by atoms with Crippen LogP contribution in [0.3, 0.4) is 0 Å². The van der Waals surface area contributed by atoms with Crippen LogP contribution in [0.15, 0.2) is 46.7 Å². The Kier molecular flexibility index (Phi) is 5.96. The van der Waals surface area contributed by atoms with E-state index in [0.717, 1.165) is 18.4 Å². The molecule has 23 heavy (non-hydrogen) atoms. The predicted molar refractivity (Wildman–Crippen MR) is 93.4 cm³/mol. The molecule has 1 N–H and O–H groups in total. The highest BCUT2D eigenvalue weighted by Crippen LogP contribution is 2.17. The number of amides is 1. The molecule has 1 heterocycles. The standard InChI is InChI=1S/C17H21NO3S2/c1-13(14-8-10-16(11-9-14)23(2,20)21)18-17(19)7-3-5-15-6-4-12-22-15/h4,6,8-13H,3,5,7H2,1-2H3,(H,18,19)/t13-/m1/s1. The van der Waals surface area contributed by atoms with Crippen LogP contribution in [-0.2, 0) is 21.1 Å². The van der Waals surface area contributed by atoms with E-state index in [2.05, 4.69) is 11.4 Å². The number of hydrogen-bond acceptors (Lipinski definition) is 4.